The molecule has 1 heterocycles. The molecule has 0 unspecified atom stereocenters. The number of nitrogens with zero attached hydrogens (tertiary/aromatic N) is 2. The number of aryl methyl sites for hydroxylation is 1. The van der Waals surface area contributed by atoms with Gasteiger partial charge >= 0.3 is 6.01 Å². The lowest BCUT2D eigenvalue weighted by molar-refractivity contribution is 0.0173. The van der Waals surface area contributed by atoms with Crippen LogP contribution in [0.4, 0.5) is 0 Å². The van der Waals surface area contributed by atoms with Gasteiger partial charge in [-0.25, -0.2) is 4.98 Å². The summed E-state index contributed by atoms with van der Waals surface area (Å²) in [5.41, 5.74) is 6.43. The maximum atomic E-state index is 7.35. The maximum Gasteiger partial charge on any atom is 0.317 e. The van der Waals surface area contributed by atoms with E-state index >= 15 is 0 Å². The van der Waals surface area contributed by atoms with Crippen LogP contribution in [0.2, 0.25) is 0 Å². The fourth-order valence-corrected chi connectivity index (χ4v) is 1.40. The third-order valence-corrected chi connectivity index (χ3v) is 2.37. The lowest BCUT2D eigenvalue weighted by Gasteiger charge is -2.08. The number of nitrogen functional groups attached to an aromatic ring is 1. The first-order valence-corrected chi connectivity index (χ1v) is 6.60. The Morgan fingerprint density at radius 3 is 2.33 bits per heavy atom. The summed E-state index contributed by atoms with van der Waals surface area (Å²) < 4.78 is 20.8. The Morgan fingerprint density at radius 2 is 1.71 bits per heavy atom. The van der Waals surface area contributed by atoms with Gasteiger partial charge in [0, 0.05) is 12.8 Å². The van der Waals surface area contributed by atoms with Crippen molar-refractivity contribution in [2.45, 2.75) is 6.92 Å². The number of rotatable bonds is 11. The third-order valence-electron chi connectivity index (χ3n) is 2.37. The molecule has 0 bridgehead atoms. The van der Waals surface area contributed by atoms with Crippen molar-refractivity contribution in [2.24, 2.45) is 5.73 Å². The minimum Gasteiger partial charge on any atom is -0.461 e. The molecular weight excluding hydrogens is 276 g/mol. The van der Waals surface area contributed by atoms with Gasteiger partial charge in [0.15, 0.2) is 0 Å². The van der Waals surface area contributed by atoms with Gasteiger partial charge in [0.2, 0.25) is 0 Å². The van der Waals surface area contributed by atoms with Crippen LogP contribution >= 0.6 is 0 Å². The first-order chi connectivity index (χ1) is 10.1. The number of hydrogen-bond donors (Lipinski definition) is 2. The van der Waals surface area contributed by atoms with Gasteiger partial charge in [-0.2, -0.15) is 4.98 Å². The van der Waals surface area contributed by atoms with Gasteiger partial charge in [-0.1, -0.05) is 0 Å². The van der Waals surface area contributed by atoms with E-state index < -0.39 is 0 Å². The molecule has 0 saturated heterocycles. The van der Waals surface area contributed by atoms with E-state index in [-0.39, 0.29) is 11.8 Å². The van der Waals surface area contributed by atoms with Crippen molar-refractivity contribution in [1.82, 2.24) is 9.97 Å². The molecule has 0 atom stereocenters. The standard InChI is InChI=1S/C13H22N4O4/c1-10-9-11(12(14)15)17-13(16-10)21-8-7-20-6-5-19-4-3-18-2/h9H,3-8H2,1-2H3,(H3,14,15). The van der Waals surface area contributed by atoms with Gasteiger partial charge in [-0.05, 0) is 13.0 Å². The van der Waals surface area contributed by atoms with Crippen molar-refractivity contribution in [1.29, 1.82) is 5.41 Å². The molecule has 3 N–H and O–H groups in total. The molecule has 0 amide bonds. The average Bonchev–Trinajstić information content (AvgIpc) is 2.45. The maximum absolute atomic E-state index is 7.35. The predicted octanol–water partition coefficient (Wildman–Crippen LogP) is 0.127. The number of hydrogen-bond acceptors (Lipinski definition) is 7. The van der Waals surface area contributed by atoms with E-state index in [9.17, 15) is 0 Å². The summed E-state index contributed by atoms with van der Waals surface area (Å²) in [6.07, 6.45) is 0. The van der Waals surface area contributed by atoms with E-state index in [2.05, 4.69) is 9.97 Å². The Balaban J connectivity index is 2.17. The summed E-state index contributed by atoms with van der Waals surface area (Å²) >= 11 is 0. The summed E-state index contributed by atoms with van der Waals surface area (Å²) in [5.74, 6) is -0.116. The third kappa shape index (κ3) is 7.54. The molecule has 8 nitrogen and oxygen atoms in total. The Bertz CT molecular complexity index is 442. The number of methoxy groups -OCH3 is 1. The highest BCUT2D eigenvalue weighted by molar-refractivity contribution is 5.93. The molecule has 1 aromatic heterocycles. The summed E-state index contributed by atoms with van der Waals surface area (Å²) in [7, 11) is 1.63. The van der Waals surface area contributed by atoms with E-state index in [1.54, 1.807) is 20.1 Å². The highest BCUT2D eigenvalue weighted by atomic mass is 16.6. The summed E-state index contributed by atoms with van der Waals surface area (Å²) in [5, 5.41) is 7.35. The molecule has 1 aromatic rings. The summed E-state index contributed by atoms with van der Waals surface area (Å²) in [4.78, 5) is 8.13. The zero-order valence-corrected chi connectivity index (χ0v) is 12.4. The van der Waals surface area contributed by atoms with Crippen molar-refractivity contribution in [3.8, 4) is 6.01 Å². The normalized spacial score (nSPS) is 10.6. The predicted molar refractivity (Wildman–Crippen MR) is 76.8 cm³/mol. The second kappa shape index (κ2) is 10.0. The molecule has 0 spiro atoms. The number of amidine groups is 1. The molecule has 118 valence electrons. The number of ether oxygens (including phenoxy) is 4. The largest absolute Gasteiger partial charge is 0.461 e. The van der Waals surface area contributed by atoms with Crippen LogP contribution in [0, 0.1) is 12.3 Å². The minimum absolute atomic E-state index is 0.116. The average molecular weight is 298 g/mol. The van der Waals surface area contributed by atoms with E-state index in [4.69, 9.17) is 30.1 Å². The quantitative estimate of drug-likeness (QED) is 0.339. The minimum atomic E-state index is -0.116. The van der Waals surface area contributed by atoms with Crippen molar-refractivity contribution < 1.29 is 18.9 Å². The van der Waals surface area contributed by atoms with Crippen molar-refractivity contribution >= 4 is 5.84 Å². The SMILES string of the molecule is COCCOCCOCCOc1nc(C)cc(C(=N)N)n1. The zero-order valence-electron chi connectivity index (χ0n) is 12.4. The van der Waals surface area contributed by atoms with Gasteiger partial charge in [-0.15, -0.1) is 0 Å². The van der Waals surface area contributed by atoms with E-state index in [1.165, 1.54) is 0 Å². The van der Waals surface area contributed by atoms with Crippen molar-refractivity contribution in [3.05, 3.63) is 17.5 Å². The summed E-state index contributed by atoms with van der Waals surface area (Å²) in [6.45, 7) is 4.64. The smallest absolute Gasteiger partial charge is 0.317 e. The highest BCUT2D eigenvalue weighted by Crippen LogP contribution is 2.06. The molecule has 8 heteroatoms. The first kappa shape index (κ1) is 17.3. The number of nitrogens with one attached hydrogen (secondary N) is 1. The number of aromatic nitrogens is 2. The van der Waals surface area contributed by atoms with Gasteiger partial charge in [0.1, 0.15) is 18.1 Å². The molecule has 0 fully saturated rings. The summed E-state index contributed by atoms with van der Waals surface area (Å²) in [6, 6.07) is 1.82. The van der Waals surface area contributed by atoms with Crippen LogP contribution in [-0.4, -0.2) is 62.6 Å². The van der Waals surface area contributed by atoms with Crippen LogP contribution < -0.4 is 10.5 Å². The molecule has 0 aliphatic carbocycles. The van der Waals surface area contributed by atoms with Crippen LogP contribution in [0.25, 0.3) is 0 Å². The van der Waals surface area contributed by atoms with Gasteiger partial charge < -0.3 is 24.7 Å². The molecule has 0 radical (unpaired) electrons. The Kier molecular flexibility index (Phi) is 8.25. The molecule has 1 rings (SSSR count). The van der Waals surface area contributed by atoms with E-state index in [1.807, 2.05) is 0 Å². The molecule has 0 saturated carbocycles. The monoisotopic (exact) mass is 298 g/mol. The van der Waals surface area contributed by atoms with Crippen molar-refractivity contribution in [2.75, 3.05) is 46.8 Å². The van der Waals surface area contributed by atoms with Gasteiger partial charge in [-0.3, -0.25) is 5.41 Å². The molecule has 0 aliphatic heterocycles. The first-order valence-electron chi connectivity index (χ1n) is 6.60. The van der Waals surface area contributed by atoms with E-state index in [0.29, 0.717) is 51.0 Å². The molecule has 0 aromatic carbocycles. The number of nitrogens with two attached hydrogens (primary N) is 1. The Hall–Kier alpha value is -1.77. The van der Waals surface area contributed by atoms with Crippen LogP contribution in [-0.2, 0) is 14.2 Å². The second-order valence-electron chi connectivity index (χ2n) is 4.16. The Morgan fingerprint density at radius 1 is 1.10 bits per heavy atom. The lowest BCUT2D eigenvalue weighted by atomic mass is 10.3. The van der Waals surface area contributed by atoms with Crippen molar-refractivity contribution in [3.63, 3.8) is 0 Å². The lowest BCUT2D eigenvalue weighted by Crippen LogP contribution is -2.16. The van der Waals surface area contributed by atoms with Gasteiger partial charge in [0.05, 0.1) is 33.0 Å². The topological polar surface area (TPSA) is 113 Å². The van der Waals surface area contributed by atoms with Crippen LogP contribution in [0.15, 0.2) is 6.07 Å². The van der Waals surface area contributed by atoms with Crippen LogP contribution in [0.1, 0.15) is 11.4 Å². The fourth-order valence-electron chi connectivity index (χ4n) is 1.40. The zero-order chi connectivity index (χ0) is 15.5. The van der Waals surface area contributed by atoms with E-state index in [0.717, 1.165) is 0 Å². The molecular formula is C13H22N4O4. The Labute approximate surface area is 124 Å². The fraction of sp³-hybridized carbons (Fsp3) is 0.615. The van der Waals surface area contributed by atoms with Crippen LogP contribution in [0.3, 0.4) is 0 Å². The molecule has 21 heavy (non-hydrogen) atoms. The molecule has 0 aliphatic rings. The van der Waals surface area contributed by atoms with Gasteiger partial charge in [0.25, 0.3) is 0 Å². The highest BCUT2D eigenvalue weighted by Gasteiger charge is 2.05. The van der Waals surface area contributed by atoms with Crippen LogP contribution in [0.5, 0.6) is 6.01 Å². The second-order valence-corrected chi connectivity index (χ2v) is 4.16.